The molecular formula is C17H17ClN2O2. The summed E-state index contributed by atoms with van der Waals surface area (Å²) in [4.78, 5) is 23.5. The quantitative estimate of drug-likeness (QED) is 0.852. The van der Waals surface area contributed by atoms with E-state index in [1.807, 2.05) is 37.3 Å². The molecule has 0 saturated heterocycles. The van der Waals surface area contributed by atoms with Crippen LogP contribution in [0.15, 0.2) is 48.5 Å². The van der Waals surface area contributed by atoms with E-state index in [0.29, 0.717) is 11.6 Å². The smallest absolute Gasteiger partial charge is 0.309 e. The normalized spacial score (nSPS) is 10.1. The molecule has 0 spiro atoms. The molecule has 0 fully saturated rings. The molecule has 0 aliphatic carbocycles. The van der Waals surface area contributed by atoms with E-state index >= 15 is 0 Å². The molecule has 2 N–H and O–H groups in total. The lowest BCUT2D eigenvalue weighted by Crippen LogP contribution is -2.39. The summed E-state index contributed by atoms with van der Waals surface area (Å²) in [6, 6.07) is 14.9. The number of hydrogen-bond acceptors (Lipinski definition) is 2. The van der Waals surface area contributed by atoms with Gasteiger partial charge < -0.3 is 10.6 Å². The Morgan fingerprint density at radius 2 is 1.45 bits per heavy atom. The van der Waals surface area contributed by atoms with Crippen molar-refractivity contribution in [3.8, 4) is 0 Å². The van der Waals surface area contributed by atoms with Crippen LogP contribution in [-0.2, 0) is 22.7 Å². The number of benzene rings is 2. The van der Waals surface area contributed by atoms with Gasteiger partial charge in [-0.15, -0.1) is 0 Å². The largest absolute Gasteiger partial charge is 0.344 e. The van der Waals surface area contributed by atoms with Crippen molar-refractivity contribution in [3.63, 3.8) is 0 Å². The molecular weight excluding hydrogens is 300 g/mol. The topological polar surface area (TPSA) is 58.2 Å². The van der Waals surface area contributed by atoms with Crippen LogP contribution in [0.1, 0.15) is 16.7 Å². The Labute approximate surface area is 134 Å². The second kappa shape index (κ2) is 7.61. The summed E-state index contributed by atoms with van der Waals surface area (Å²) in [5, 5.41) is 5.75. The molecule has 0 radical (unpaired) electrons. The second-order valence-corrected chi connectivity index (χ2v) is 5.42. The third-order valence-electron chi connectivity index (χ3n) is 3.08. The first kappa shape index (κ1) is 16.0. The van der Waals surface area contributed by atoms with Crippen LogP contribution >= 0.6 is 11.6 Å². The van der Waals surface area contributed by atoms with E-state index in [0.717, 1.165) is 16.7 Å². The monoisotopic (exact) mass is 316 g/mol. The third-order valence-corrected chi connectivity index (χ3v) is 3.32. The fourth-order valence-electron chi connectivity index (χ4n) is 1.99. The number of halogens is 1. The van der Waals surface area contributed by atoms with Gasteiger partial charge in [0, 0.05) is 18.1 Å². The van der Waals surface area contributed by atoms with Crippen molar-refractivity contribution in [1.29, 1.82) is 0 Å². The molecule has 22 heavy (non-hydrogen) atoms. The molecule has 5 heteroatoms. The highest BCUT2D eigenvalue weighted by molar-refractivity contribution is 6.35. The lowest BCUT2D eigenvalue weighted by atomic mass is 10.1. The van der Waals surface area contributed by atoms with Gasteiger partial charge >= 0.3 is 11.8 Å². The van der Waals surface area contributed by atoms with Crippen LogP contribution in [0, 0.1) is 6.92 Å². The van der Waals surface area contributed by atoms with Crippen molar-refractivity contribution in [1.82, 2.24) is 10.6 Å². The molecule has 0 bridgehead atoms. The summed E-state index contributed by atoms with van der Waals surface area (Å²) in [5.74, 6) is -1.31. The average molecular weight is 317 g/mol. The van der Waals surface area contributed by atoms with Crippen LogP contribution in [0.5, 0.6) is 0 Å². The zero-order valence-corrected chi connectivity index (χ0v) is 13.0. The van der Waals surface area contributed by atoms with Gasteiger partial charge in [0.25, 0.3) is 0 Å². The Balaban J connectivity index is 1.81. The van der Waals surface area contributed by atoms with E-state index < -0.39 is 11.8 Å². The SMILES string of the molecule is Cc1cccc(CNC(=O)C(=O)NCc2cccc(Cl)c2)c1. The van der Waals surface area contributed by atoms with Crippen molar-refractivity contribution in [2.45, 2.75) is 20.0 Å². The predicted octanol–water partition coefficient (Wildman–Crippen LogP) is 2.58. The molecule has 0 aliphatic rings. The van der Waals surface area contributed by atoms with Crippen molar-refractivity contribution < 1.29 is 9.59 Å². The highest BCUT2D eigenvalue weighted by atomic mass is 35.5. The highest BCUT2D eigenvalue weighted by Gasteiger charge is 2.12. The molecule has 114 valence electrons. The minimum atomic E-state index is -0.660. The number of aryl methyl sites for hydroxylation is 1. The van der Waals surface area contributed by atoms with Crippen molar-refractivity contribution >= 4 is 23.4 Å². The molecule has 0 saturated carbocycles. The van der Waals surface area contributed by atoms with Gasteiger partial charge in [-0.2, -0.15) is 0 Å². The van der Waals surface area contributed by atoms with Crippen LogP contribution in [0.4, 0.5) is 0 Å². The summed E-state index contributed by atoms with van der Waals surface area (Å²) in [7, 11) is 0. The second-order valence-electron chi connectivity index (χ2n) is 4.98. The Morgan fingerprint density at radius 3 is 2.00 bits per heavy atom. The van der Waals surface area contributed by atoms with E-state index in [1.165, 1.54) is 0 Å². The van der Waals surface area contributed by atoms with E-state index in [-0.39, 0.29) is 6.54 Å². The first-order valence-corrected chi connectivity index (χ1v) is 7.28. The maximum Gasteiger partial charge on any atom is 0.309 e. The van der Waals surface area contributed by atoms with Crippen LogP contribution in [0.2, 0.25) is 5.02 Å². The Kier molecular flexibility index (Phi) is 5.55. The number of rotatable bonds is 4. The number of carbonyl (C=O) groups is 2. The summed E-state index contributed by atoms with van der Waals surface area (Å²) in [6.45, 7) is 2.56. The molecule has 2 aromatic carbocycles. The van der Waals surface area contributed by atoms with Gasteiger partial charge in [0.15, 0.2) is 0 Å². The van der Waals surface area contributed by atoms with Gasteiger partial charge in [0.1, 0.15) is 0 Å². The minimum Gasteiger partial charge on any atom is -0.344 e. The number of nitrogens with one attached hydrogen (secondary N) is 2. The van der Waals surface area contributed by atoms with Crippen LogP contribution < -0.4 is 10.6 Å². The first-order chi connectivity index (χ1) is 10.5. The molecule has 0 heterocycles. The molecule has 2 rings (SSSR count). The van der Waals surface area contributed by atoms with E-state index in [2.05, 4.69) is 10.6 Å². The van der Waals surface area contributed by atoms with Gasteiger partial charge in [-0.3, -0.25) is 9.59 Å². The summed E-state index contributed by atoms with van der Waals surface area (Å²) >= 11 is 5.86. The van der Waals surface area contributed by atoms with E-state index in [4.69, 9.17) is 11.6 Å². The first-order valence-electron chi connectivity index (χ1n) is 6.90. The van der Waals surface area contributed by atoms with Crippen LogP contribution in [0.3, 0.4) is 0 Å². The third kappa shape index (κ3) is 4.90. The van der Waals surface area contributed by atoms with Gasteiger partial charge in [-0.05, 0) is 30.2 Å². The molecule has 2 amide bonds. The van der Waals surface area contributed by atoms with Gasteiger partial charge in [0.2, 0.25) is 0 Å². The van der Waals surface area contributed by atoms with Crippen LogP contribution in [-0.4, -0.2) is 11.8 Å². The number of amides is 2. The van der Waals surface area contributed by atoms with Crippen molar-refractivity contribution in [2.24, 2.45) is 0 Å². The fraction of sp³-hybridized carbons (Fsp3) is 0.176. The Bertz CT molecular complexity index is 626. The van der Waals surface area contributed by atoms with Gasteiger partial charge in [-0.25, -0.2) is 0 Å². The molecule has 0 atom stereocenters. The van der Waals surface area contributed by atoms with Gasteiger partial charge in [-0.1, -0.05) is 53.6 Å². The fourth-order valence-corrected chi connectivity index (χ4v) is 2.21. The minimum absolute atomic E-state index is 0.261. The zero-order chi connectivity index (χ0) is 15.9. The summed E-state index contributed by atoms with van der Waals surface area (Å²) in [5.41, 5.74) is 2.90. The predicted molar refractivity (Wildman–Crippen MR) is 86.3 cm³/mol. The Hall–Kier alpha value is -2.33. The molecule has 0 aromatic heterocycles. The van der Waals surface area contributed by atoms with Crippen molar-refractivity contribution in [2.75, 3.05) is 0 Å². The number of carbonyl (C=O) groups excluding carboxylic acids is 2. The van der Waals surface area contributed by atoms with Crippen LogP contribution in [0.25, 0.3) is 0 Å². The maximum atomic E-state index is 11.7. The molecule has 0 unspecified atom stereocenters. The number of hydrogen-bond donors (Lipinski definition) is 2. The standard InChI is InChI=1S/C17H17ClN2O2/c1-12-4-2-5-13(8-12)10-19-16(21)17(22)20-11-14-6-3-7-15(18)9-14/h2-9H,10-11H2,1H3,(H,19,21)(H,20,22). The lowest BCUT2D eigenvalue weighted by Gasteiger charge is -2.07. The van der Waals surface area contributed by atoms with Gasteiger partial charge in [0.05, 0.1) is 0 Å². The summed E-state index contributed by atoms with van der Waals surface area (Å²) < 4.78 is 0. The summed E-state index contributed by atoms with van der Waals surface area (Å²) in [6.07, 6.45) is 0. The maximum absolute atomic E-state index is 11.7. The zero-order valence-electron chi connectivity index (χ0n) is 12.2. The van der Waals surface area contributed by atoms with E-state index in [9.17, 15) is 9.59 Å². The molecule has 2 aromatic rings. The molecule has 0 aliphatic heterocycles. The lowest BCUT2D eigenvalue weighted by molar-refractivity contribution is -0.139. The van der Waals surface area contributed by atoms with Crippen molar-refractivity contribution in [3.05, 3.63) is 70.2 Å². The highest BCUT2D eigenvalue weighted by Crippen LogP contribution is 2.10. The Morgan fingerprint density at radius 1 is 0.909 bits per heavy atom. The average Bonchev–Trinajstić information content (AvgIpc) is 2.50. The molecule has 4 nitrogen and oxygen atoms in total. The van der Waals surface area contributed by atoms with E-state index in [1.54, 1.807) is 18.2 Å².